The molecular formula is C16H29N. The van der Waals surface area contributed by atoms with E-state index in [0.717, 1.165) is 19.4 Å². The zero-order valence-corrected chi connectivity index (χ0v) is 12.1. The van der Waals surface area contributed by atoms with Crippen LogP contribution in [-0.2, 0) is 0 Å². The zero-order chi connectivity index (χ0) is 13.1. The van der Waals surface area contributed by atoms with E-state index in [1.807, 2.05) is 0 Å². The van der Waals surface area contributed by atoms with Gasteiger partial charge in [-0.2, -0.15) is 0 Å². The molecule has 0 heterocycles. The second-order valence-corrected chi connectivity index (χ2v) is 5.04. The predicted octanol–water partition coefficient (Wildman–Crippen LogP) is 4.75. The third kappa shape index (κ3) is 11.4. The molecule has 0 saturated carbocycles. The first kappa shape index (κ1) is 16.2. The summed E-state index contributed by atoms with van der Waals surface area (Å²) in [5.41, 5.74) is 9.86. The minimum atomic E-state index is 0.759. The first-order chi connectivity index (χ1) is 8.06. The number of hydrogen-bond acceptors (Lipinski definition) is 1. The molecule has 0 aliphatic heterocycles. The third-order valence-electron chi connectivity index (χ3n) is 2.78. The minimum Gasteiger partial charge on any atom is -0.330 e. The van der Waals surface area contributed by atoms with Gasteiger partial charge in [-0.15, -0.1) is 0 Å². The van der Waals surface area contributed by atoms with E-state index in [4.69, 9.17) is 5.73 Å². The summed E-state index contributed by atoms with van der Waals surface area (Å²) in [6.07, 6.45) is 12.6. The highest BCUT2D eigenvalue weighted by Crippen LogP contribution is 2.11. The Morgan fingerprint density at radius 1 is 0.765 bits per heavy atom. The molecule has 0 aromatic heterocycles. The van der Waals surface area contributed by atoms with Gasteiger partial charge in [0.2, 0.25) is 0 Å². The summed E-state index contributed by atoms with van der Waals surface area (Å²) >= 11 is 0. The van der Waals surface area contributed by atoms with Crippen LogP contribution in [0.5, 0.6) is 0 Å². The molecule has 0 bridgehead atoms. The van der Waals surface area contributed by atoms with E-state index in [1.54, 1.807) is 0 Å². The fraction of sp³-hybridized carbons (Fsp3) is 0.625. The summed E-state index contributed by atoms with van der Waals surface area (Å²) in [6.45, 7) is 9.50. The van der Waals surface area contributed by atoms with Crippen LogP contribution < -0.4 is 5.73 Å². The first-order valence-corrected chi connectivity index (χ1v) is 6.71. The second-order valence-electron chi connectivity index (χ2n) is 5.04. The Labute approximate surface area is 107 Å². The van der Waals surface area contributed by atoms with Crippen LogP contribution in [0.3, 0.4) is 0 Å². The quantitative estimate of drug-likeness (QED) is 0.603. The van der Waals surface area contributed by atoms with E-state index in [1.165, 1.54) is 36.0 Å². The lowest BCUT2D eigenvalue weighted by Crippen LogP contribution is -1.95. The standard InChI is InChI=1S/C16H29N/c1-14(2)8-5-9-15(3)10-6-11-16(4)12-7-13-17/h8,10,12H,5-7,9,11,13,17H2,1-4H3/b15-10+,16-12+. The van der Waals surface area contributed by atoms with Gasteiger partial charge >= 0.3 is 0 Å². The molecule has 0 aliphatic rings. The molecule has 0 radical (unpaired) electrons. The average Bonchev–Trinajstić information content (AvgIpc) is 2.25. The van der Waals surface area contributed by atoms with E-state index < -0.39 is 0 Å². The van der Waals surface area contributed by atoms with Crippen LogP contribution in [-0.4, -0.2) is 6.54 Å². The van der Waals surface area contributed by atoms with Crippen LogP contribution in [0.4, 0.5) is 0 Å². The molecule has 2 N–H and O–H groups in total. The maximum atomic E-state index is 5.47. The summed E-state index contributed by atoms with van der Waals surface area (Å²) in [5, 5.41) is 0. The Hall–Kier alpha value is -0.820. The summed E-state index contributed by atoms with van der Waals surface area (Å²) in [6, 6.07) is 0. The van der Waals surface area contributed by atoms with Crippen molar-refractivity contribution in [1.82, 2.24) is 0 Å². The molecule has 0 saturated heterocycles. The van der Waals surface area contributed by atoms with Gasteiger partial charge in [-0.25, -0.2) is 0 Å². The normalized spacial score (nSPS) is 12.8. The first-order valence-electron chi connectivity index (χ1n) is 6.71. The summed E-state index contributed by atoms with van der Waals surface area (Å²) < 4.78 is 0. The number of rotatable bonds is 8. The molecule has 0 atom stereocenters. The smallest absolute Gasteiger partial charge is 0.00425 e. The van der Waals surface area contributed by atoms with E-state index in [0.29, 0.717) is 0 Å². The topological polar surface area (TPSA) is 26.0 Å². The van der Waals surface area contributed by atoms with Crippen LogP contribution in [0.1, 0.15) is 59.8 Å². The number of hydrogen-bond donors (Lipinski definition) is 1. The third-order valence-corrected chi connectivity index (χ3v) is 2.78. The van der Waals surface area contributed by atoms with E-state index >= 15 is 0 Å². The van der Waals surface area contributed by atoms with Crippen molar-refractivity contribution in [2.75, 3.05) is 6.54 Å². The van der Waals surface area contributed by atoms with Gasteiger partial charge in [-0.3, -0.25) is 0 Å². The Morgan fingerprint density at radius 3 is 1.71 bits per heavy atom. The molecular weight excluding hydrogens is 206 g/mol. The lowest BCUT2D eigenvalue weighted by molar-refractivity contribution is 0.905. The van der Waals surface area contributed by atoms with E-state index in [9.17, 15) is 0 Å². The van der Waals surface area contributed by atoms with Crippen LogP contribution >= 0.6 is 0 Å². The van der Waals surface area contributed by atoms with Crippen LogP contribution in [0, 0.1) is 0 Å². The molecule has 0 amide bonds. The maximum Gasteiger partial charge on any atom is -0.00425 e. The fourth-order valence-corrected chi connectivity index (χ4v) is 1.67. The van der Waals surface area contributed by atoms with Crippen molar-refractivity contribution in [3.05, 3.63) is 34.9 Å². The van der Waals surface area contributed by atoms with Gasteiger partial charge in [-0.05, 0) is 66.3 Å². The van der Waals surface area contributed by atoms with E-state index in [2.05, 4.69) is 45.9 Å². The monoisotopic (exact) mass is 235 g/mol. The van der Waals surface area contributed by atoms with Crippen LogP contribution in [0.25, 0.3) is 0 Å². The van der Waals surface area contributed by atoms with Gasteiger partial charge in [0.15, 0.2) is 0 Å². The Kier molecular flexibility index (Phi) is 9.84. The van der Waals surface area contributed by atoms with Crippen molar-refractivity contribution in [3.8, 4) is 0 Å². The maximum absolute atomic E-state index is 5.47. The molecule has 98 valence electrons. The van der Waals surface area contributed by atoms with Crippen molar-refractivity contribution in [1.29, 1.82) is 0 Å². The summed E-state index contributed by atoms with van der Waals surface area (Å²) in [4.78, 5) is 0. The van der Waals surface area contributed by atoms with Crippen molar-refractivity contribution in [3.63, 3.8) is 0 Å². The Morgan fingerprint density at radius 2 is 1.24 bits per heavy atom. The van der Waals surface area contributed by atoms with Gasteiger partial charge < -0.3 is 5.73 Å². The number of nitrogens with two attached hydrogens (primary N) is 1. The van der Waals surface area contributed by atoms with Gasteiger partial charge in [0.1, 0.15) is 0 Å². The molecule has 0 spiro atoms. The highest BCUT2D eigenvalue weighted by molar-refractivity contribution is 5.05. The Balaban J connectivity index is 3.80. The molecule has 1 heteroatoms. The van der Waals surface area contributed by atoms with Gasteiger partial charge in [0.25, 0.3) is 0 Å². The minimum absolute atomic E-state index is 0.759. The molecule has 0 aromatic rings. The summed E-state index contributed by atoms with van der Waals surface area (Å²) in [5.74, 6) is 0. The molecule has 17 heavy (non-hydrogen) atoms. The van der Waals surface area contributed by atoms with Gasteiger partial charge in [-0.1, -0.05) is 34.9 Å². The Bertz CT molecular complexity index is 278. The van der Waals surface area contributed by atoms with Crippen LogP contribution in [0.15, 0.2) is 34.9 Å². The average molecular weight is 235 g/mol. The van der Waals surface area contributed by atoms with Crippen molar-refractivity contribution >= 4 is 0 Å². The molecule has 1 nitrogen and oxygen atoms in total. The van der Waals surface area contributed by atoms with Crippen LogP contribution in [0.2, 0.25) is 0 Å². The SMILES string of the molecule is CC(C)=CCC/C(C)=C/CC/C(C)=C/CCN. The lowest BCUT2D eigenvalue weighted by Gasteiger charge is -2.01. The molecule has 0 aromatic carbocycles. The predicted molar refractivity (Wildman–Crippen MR) is 79.1 cm³/mol. The highest BCUT2D eigenvalue weighted by Gasteiger charge is 1.91. The van der Waals surface area contributed by atoms with E-state index in [-0.39, 0.29) is 0 Å². The fourth-order valence-electron chi connectivity index (χ4n) is 1.67. The van der Waals surface area contributed by atoms with Crippen molar-refractivity contribution < 1.29 is 0 Å². The van der Waals surface area contributed by atoms with Gasteiger partial charge in [0.05, 0.1) is 0 Å². The number of allylic oxidation sites excluding steroid dienone is 5. The molecule has 0 rings (SSSR count). The molecule has 0 aliphatic carbocycles. The summed E-state index contributed by atoms with van der Waals surface area (Å²) in [7, 11) is 0. The zero-order valence-electron chi connectivity index (χ0n) is 12.1. The molecule has 0 fully saturated rings. The second kappa shape index (κ2) is 10.3. The molecule has 0 unspecified atom stereocenters. The van der Waals surface area contributed by atoms with Crippen molar-refractivity contribution in [2.45, 2.75) is 59.8 Å². The highest BCUT2D eigenvalue weighted by atomic mass is 14.5. The largest absolute Gasteiger partial charge is 0.330 e. The van der Waals surface area contributed by atoms with Gasteiger partial charge in [0, 0.05) is 0 Å². The lowest BCUT2D eigenvalue weighted by atomic mass is 10.1. The van der Waals surface area contributed by atoms with Crippen molar-refractivity contribution in [2.24, 2.45) is 5.73 Å².